The number of aryl methyl sites for hydroxylation is 1. The number of benzene rings is 1. The first-order valence-corrected chi connectivity index (χ1v) is 5.14. The van der Waals surface area contributed by atoms with Crippen molar-refractivity contribution in [2.45, 2.75) is 32.2 Å². The van der Waals surface area contributed by atoms with Crippen LogP contribution in [-0.2, 0) is 6.42 Å². The lowest BCUT2D eigenvalue weighted by Gasteiger charge is -2.08. The van der Waals surface area contributed by atoms with Crippen LogP contribution < -0.4 is 10.5 Å². The average Bonchev–Trinajstić information content (AvgIpc) is 2.26. The molecule has 0 aliphatic rings. The summed E-state index contributed by atoms with van der Waals surface area (Å²) in [5, 5.41) is 0. The van der Waals surface area contributed by atoms with Gasteiger partial charge in [0.25, 0.3) is 0 Å². The van der Waals surface area contributed by atoms with Crippen molar-refractivity contribution in [1.82, 2.24) is 0 Å². The zero-order chi connectivity index (χ0) is 10.4. The molecular formula is C12H19NO. The summed E-state index contributed by atoms with van der Waals surface area (Å²) in [6, 6.07) is 8.51. The van der Waals surface area contributed by atoms with Gasteiger partial charge in [-0.15, -0.1) is 0 Å². The molecular weight excluding hydrogens is 174 g/mol. The summed E-state index contributed by atoms with van der Waals surface area (Å²) in [6.07, 6.45) is 3.16. The van der Waals surface area contributed by atoms with E-state index in [4.69, 9.17) is 10.5 Å². The smallest absolute Gasteiger partial charge is 0.118 e. The zero-order valence-electron chi connectivity index (χ0n) is 8.99. The van der Waals surface area contributed by atoms with E-state index in [-0.39, 0.29) is 0 Å². The maximum Gasteiger partial charge on any atom is 0.118 e. The highest BCUT2D eigenvalue weighted by Crippen LogP contribution is 2.13. The third-order valence-electron chi connectivity index (χ3n) is 2.49. The lowest BCUT2D eigenvalue weighted by atomic mass is 10.0. The molecule has 2 nitrogen and oxygen atoms in total. The molecule has 78 valence electrons. The molecule has 0 saturated heterocycles. The van der Waals surface area contributed by atoms with Gasteiger partial charge in [-0.05, 0) is 37.0 Å². The summed E-state index contributed by atoms with van der Waals surface area (Å²) in [7, 11) is 1.68. The number of rotatable bonds is 5. The van der Waals surface area contributed by atoms with Gasteiger partial charge in [0.15, 0.2) is 0 Å². The molecule has 14 heavy (non-hydrogen) atoms. The lowest BCUT2D eigenvalue weighted by molar-refractivity contribution is 0.414. The van der Waals surface area contributed by atoms with Crippen molar-refractivity contribution >= 4 is 0 Å². The monoisotopic (exact) mass is 193 g/mol. The Kier molecular flexibility index (Phi) is 4.47. The Labute approximate surface area is 86.1 Å². The first-order chi connectivity index (χ1) is 6.76. The molecule has 1 unspecified atom stereocenters. The number of hydrogen-bond donors (Lipinski definition) is 1. The van der Waals surface area contributed by atoms with Gasteiger partial charge in [-0.3, -0.25) is 0 Å². The van der Waals surface area contributed by atoms with Gasteiger partial charge >= 0.3 is 0 Å². The first kappa shape index (κ1) is 11.1. The van der Waals surface area contributed by atoms with Crippen LogP contribution in [-0.4, -0.2) is 13.2 Å². The molecule has 1 rings (SSSR count). The second-order valence-electron chi connectivity index (χ2n) is 3.56. The Hall–Kier alpha value is -1.02. The maximum absolute atomic E-state index is 5.85. The molecule has 2 heteroatoms. The largest absolute Gasteiger partial charge is 0.497 e. The van der Waals surface area contributed by atoms with E-state index in [1.54, 1.807) is 7.11 Å². The maximum atomic E-state index is 5.85. The molecule has 0 heterocycles. The summed E-state index contributed by atoms with van der Waals surface area (Å²) in [5.41, 5.74) is 7.18. The van der Waals surface area contributed by atoms with E-state index in [1.165, 1.54) is 5.56 Å². The van der Waals surface area contributed by atoms with E-state index in [0.717, 1.165) is 25.0 Å². The van der Waals surface area contributed by atoms with Crippen LogP contribution in [0.25, 0.3) is 0 Å². The van der Waals surface area contributed by atoms with Crippen molar-refractivity contribution in [1.29, 1.82) is 0 Å². The van der Waals surface area contributed by atoms with E-state index < -0.39 is 0 Å². The Morgan fingerprint density at radius 2 is 1.93 bits per heavy atom. The van der Waals surface area contributed by atoms with Gasteiger partial charge in [-0.25, -0.2) is 0 Å². The minimum Gasteiger partial charge on any atom is -0.497 e. The molecule has 0 saturated carbocycles. The van der Waals surface area contributed by atoms with Crippen LogP contribution >= 0.6 is 0 Å². The van der Waals surface area contributed by atoms with E-state index in [2.05, 4.69) is 19.1 Å². The average molecular weight is 193 g/mol. The topological polar surface area (TPSA) is 35.2 Å². The lowest BCUT2D eigenvalue weighted by Crippen LogP contribution is -2.18. The fourth-order valence-electron chi connectivity index (χ4n) is 1.35. The van der Waals surface area contributed by atoms with Crippen LogP contribution in [0.15, 0.2) is 24.3 Å². The van der Waals surface area contributed by atoms with E-state index in [0.29, 0.717) is 6.04 Å². The van der Waals surface area contributed by atoms with Gasteiger partial charge in [0.1, 0.15) is 5.75 Å². The van der Waals surface area contributed by atoms with Crippen LogP contribution in [0.3, 0.4) is 0 Å². The van der Waals surface area contributed by atoms with Gasteiger partial charge in [0, 0.05) is 6.04 Å². The molecule has 1 atom stereocenters. The highest BCUT2D eigenvalue weighted by molar-refractivity contribution is 5.27. The van der Waals surface area contributed by atoms with Crippen molar-refractivity contribution in [3.05, 3.63) is 29.8 Å². The SMILES string of the molecule is CCC(N)CCc1ccc(OC)cc1. The first-order valence-electron chi connectivity index (χ1n) is 5.14. The second-order valence-corrected chi connectivity index (χ2v) is 3.56. The summed E-state index contributed by atoms with van der Waals surface area (Å²) in [5.74, 6) is 0.911. The van der Waals surface area contributed by atoms with Crippen molar-refractivity contribution in [2.75, 3.05) is 7.11 Å². The third kappa shape index (κ3) is 3.38. The van der Waals surface area contributed by atoms with Gasteiger partial charge in [0.05, 0.1) is 7.11 Å². The molecule has 0 bridgehead atoms. The summed E-state index contributed by atoms with van der Waals surface area (Å²) in [6.45, 7) is 2.12. The van der Waals surface area contributed by atoms with Crippen molar-refractivity contribution in [2.24, 2.45) is 5.73 Å². The standard InChI is InChI=1S/C12H19NO/c1-3-11(13)7-4-10-5-8-12(14-2)9-6-10/h5-6,8-9,11H,3-4,7,13H2,1-2H3. The number of hydrogen-bond acceptors (Lipinski definition) is 2. The molecule has 0 aromatic heterocycles. The Balaban J connectivity index is 2.43. The number of methoxy groups -OCH3 is 1. The number of nitrogens with two attached hydrogens (primary N) is 1. The molecule has 0 fully saturated rings. The van der Waals surface area contributed by atoms with Crippen LogP contribution in [0.5, 0.6) is 5.75 Å². The van der Waals surface area contributed by atoms with Crippen molar-refractivity contribution in [3.8, 4) is 5.75 Å². The van der Waals surface area contributed by atoms with Gasteiger partial charge in [0.2, 0.25) is 0 Å². The zero-order valence-corrected chi connectivity index (χ0v) is 8.99. The Bertz CT molecular complexity index is 256. The van der Waals surface area contributed by atoms with Crippen molar-refractivity contribution < 1.29 is 4.74 Å². The highest BCUT2D eigenvalue weighted by Gasteiger charge is 2.00. The molecule has 0 spiro atoms. The molecule has 0 amide bonds. The van der Waals surface area contributed by atoms with Crippen molar-refractivity contribution in [3.63, 3.8) is 0 Å². The van der Waals surface area contributed by atoms with Gasteiger partial charge < -0.3 is 10.5 Å². The summed E-state index contributed by atoms with van der Waals surface area (Å²) in [4.78, 5) is 0. The molecule has 0 aliphatic heterocycles. The predicted octanol–water partition coefficient (Wildman–Crippen LogP) is 2.37. The predicted molar refractivity (Wildman–Crippen MR) is 59.6 cm³/mol. The minimum atomic E-state index is 0.331. The summed E-state index contributed by atoms with van der Waals surface area (Å²) < 4.78 is 5.09. The molecule has 0 radical (unpaired) electrons. The third-order valence-corrected chi connectivity index (χ3v) is 2.49. The Morgan fingerprint density at radius 3 is 2.43 bits per heavy atom. The Morgan fingerprint density at radius 1 is 1.29 bits per heavy atom. The van der Waals surface area contributed by atoms with Gasteiger partial charge in [-0.1, -0.05) is 19.1 Å². The molecule has 2 N–H and O–H groups in total. The van der Waals surface area contributed by atoms with E-state index in [1.807, 2.05) is 12.1 Å². The quantitative estimate of drug-likeness (QED) is 0.779. The van der Waals surface area contributed by atoms with Gasteiger partial charge in [-0.2, -0.15) is 0 Å². The van der Waals surface area contributed by atoms with E-state index >= 15 is 0 Å². The second kappa shape index (κ2) is 5.66. The fourth-order valence-corrected chi connectivity index (χ4v) is 1.35. The minimum absolute atomic E-state index is 0.331. The fraction of sp³-hybridized carbons (Fsp3) is 0.500. The summed E-state index contributed by atoms with van der Waals surface area (Å²) >= 11 is 0. The molecule has 0 aliphatic carbocycles. The van der Waals surface area contributed by atoms with Crippen LogP contribution in [0.2, 0.25) is 0 Å². The normalized spacial score (nSPS) is 12.5. The van der Waals surface area contributed by atoms with Crippen LogP contribution in [0, 0.1) is 0 Å². The van der Waals surface area contributed by atoms with Crippen LogP contribution in [0.1, 0.15) is 25.3 Å². The van der Waals surface area contributed by atoms with E-state index in [9.17, 15) is 0 Å². The molecule has 1 aromatic carbocycles. The molecule has 1 aromatic rings. The number of ether oxygens (including phenoxy) is 1. The highest BCUT2D eigenvalue weighted by atomic mass is 16.5. The van der Waals surface area contributed by atoms with Crippen LogP contribution in [0.4, 0.5) is 0 Å².